The second-order valence-corrected chi connectivity index (χ2v) is 16.8. The van der Waals surface area contributed by atoms with Gasteiger partial charge in [-0.05, 0) is 103 Å². The van der Waals surface area contributed by atoms with Gasteiger partial charge in [0.2, 0.25) is 29.5 Å². The first kappa shape index (κ1) is 70.4. The van der Waals surface area contributed by atoms with Gasteiger partial charge in [0.1, 0.15) is 60.4 Å². The molecule has 0 saturated carbocycles. The predicted molar refractivity (Wildman–Crippen MR) is 251 cm³/mol. The number of nitrogens with one attached hydrogen (secondary N) is 5. The van der Waals surface area contributed by atoms with Gasteiger partial charge in [0.15, 0.2) is 0 Å². The third-order valence-corrected chi connectivity index (χ3v) is 8.99. The first-order valence-electron chi connectivity index (χ1n) is 21.4. The first-order chi connectivity index (χ1) is 32.1. The molecule has 402 valence electrons. The molecule has 0 unspecified atom stereocenters. The van der Waals surface area contributed by atoms with E-state index in [1.165, 1.54) is 53.7 Å². The van der Waals surface area contributed by atoms with E-state index in [0.717, 1.165) is 12.2 Å². The highest BCUT2D eigenvalue weighted by molar-refractivity contribution is 7.98. The molecule has 0 radical (unpaired) electrons. The third-order valence-electron chi connectivity index (χ3n) is 8.34. The molecule has 0 spiro atoms. The smallest absolute Gasteiger partial charge is 0.326 e. The van der Waals surface area contributed by atoms with E-state index in [1.54, 1.807) is 23.9 Å². The summed E-state index contributed by atoms with van der Waals surface area (Å²) in [6.45, 7) is 13.5. The number of thioether (sulfide) groups is 1. The Bertz CT molecular complexity index is 1780. The fraction of sp³-hybridized carbons (Fsp3) is 0.628. The number of benzene rings is 1. The van der Waals surface area contributed by atoms with Crippen LogP contribution in [0.1, 0.15) is 93.6 Å². The Labute approximate surface area is 409 Å². The summed E-state index contributed by atoms with van der Waals surface area (Å²) >= 11 is 1.75. The number of aliphatic hydroxyl groups excluding tert-OH is 5. The quantitative estimate of drug-likeness (QED) is 0.0546. The summed E-state index contributed by atoms with van der Waals surface area (Å²) in [5.74, 6) is -7.78. The van der Waals surface area contributed by atoms with E-state index in [0.29, 0.717) is 12.0 Å². The molecule has 10 atom stereocenters. The highest BCUT2D eigenvalue weighted by Gasteiger charge is 2.25. The van der Waals surface area contributed by atoms with Gasteiger partial charge < -0.3 is 82.8 Å². The van der Waals surface area contributed by atoms with Crippen LogP contribution in [-0.2, 0) is 54.4 Å². The lowest BCUT2D eigenvalue weighted by Crippen LogP contribution is -2.45. The van der Waals surface area contributed by atoms with Crippen molar-refractivity contribution in [2.75, 3.05) is 12.0 Å². The fourth-order valence-electron chi connectivity index (χ4n) is 4.29. The van der Waals surface area contributed by atoms with Crippen molar-refractivity contribution in [3.63, 3.8) is 0 Å². The average Bonchev–Trinajstić information content (AvgIpc) is 3.24. The molecule has 0 aromatic heterocycles. The maximum Gasteiger partial charge on any atom is 0.326 e. The molecule has 0 aliphatic rings. The number of hydrogen-bond acceptors (Lipinski definition) is 17. The van der Waals surface area contributed by atoms with Crippen LogP contribution in [-0.4, -0.2) is 188 Å². The minimum atomic E-state index is -1.33. The van der Waals surface area contributed by atoms with Crippen molar-refractivity contribution in [3.05, 3.63) is 29.8 Å². The number of phenols is 1. The Morgan fingerprint density at radius 2 is 0.843 bits per heavy atom. The van der Waals surface area contributed by atoms with Crippen molar-refractivity contribution in [2.24, 2.45) is 5.92 Å². The van der Waals surface area contributed by atoms with Gasteiger partial charge in [-0.25, -0.2) is 14.4 Å². The Morgan fingerprint density at radius 1 is 0.486 bits per heavy atom. The van der Waals surface area contributed by atoms with Gasteiger partial charge in [-0.15, -0.1) is 0 Å². The van der Waals surface area contributed by atoms with Crippen LogP contribution in [0.15, 0.2) is 24.3 Å². The molecular weight excluding hydrogens is 955 g/mol. The minimum absolute atomic E-state index is 0.0775. The molecule has 26 nitrogen and oxygen atoms in total. The molecule has 5 amide bonds. The fourth-order valence-corrected chi connectivity index (χ4v) is 4.88. The molecule has 0 heterocycles. The van der Waals surface area contributed by atoms with E-state index in [9.17, 15) is 47.9 Å². The van der Waals surface area contributed by atoms with E-state index in [2.05, 4.69) is 21.3 Å². The van der Waals surface area contributed by atoms with Crippen molar-refractivity contribution in [1.82, 2.24) is 26.6 Å². The summed E-state index contributed by atoms with van der Waals surface area (Å²) in [7, 11) is 0. The number of carbonyl (C=O) groups excluding carboxylic acids is 5. The molecular formula is C43H73N5O21S. The molecule has 1 aromatic rings. The number of carboxylic acid groups (broad SMARTS) is 5. The summed E-state index contributed by atoms with van der Waals surface area (Å²) in [6.07, 6.45) is -3.00. The number of amides is 5. The SMILES string of the molecule is CC(C)C[C@H](NC(=O)[C@H](C)O)C(=O)O.CSCC[C@@H](C)NC(=O)[C@H](C)O.C[C@H](O)C(=O)N[C@@H](C)C(=O)O.C[C@H](O)C(=O)N[C@@H](CCC(=O)O)C(=O)O.C[C@H](O)C(=O)N[C@@H](Cc1ccc(O)cc1)C(=O)O. The summed E-state index contributed by atoms with van der Waals surface area (Å²) in [6, 6.07) is 1.88. The Hall–Kier alpha value is -6.13. The second kappa shape index (κ2) is 38.7. The topological polar surface area (TPSA) is 453 Å². The molecule has 0 fully saturated rings. The van der Waals surface area contributed by atoms with Gasteiger partial charge in [-0.1, -0.05) is 26.0 Å². The normalized spacial score (nSPS) is 14.5. The zero-order valence-electron chi connectivity index (χ0n) is 40.8. The second-order valence-electron chi connectivity index (χ2n) is 15.8. The maximum absolute atomic E-state index is 11.2. The Balaban J connectivity index is -0.000000393. The van der Waals surface area contributed by atoms with E-state index in [4.69, 9.17) is 56.2 Å². The van der Waals surface area contributed by atoms with E-state index in [1.807, 2.05) is 32.3 Å². The summed E-state index contributed by atoms with van der Waals surface area (Å²) in [5, 5.41) is 108. The van der Waals surface area contributed by atoms with E-state index < -0.39 is 108 Å². The molecule has 0 aliphatic heterocycles. The zero-order valence-corrected chi connectivity index (χ0v) is 41.6. The highest BCUT2D eigenvalue weighted by atomic mass is 32.2. The van der Waals surface area contributed by atoms with Gasteiger partial charge in [0, 0.05) is 18.9 Å². The van der Waals surface area contributed by atoms with Crippen molar-refractivity contribution in [1.29, 1.82) is 0 Å². The lowest BCUT2D eigenvalue weighted by Gasteiger charge is -2.17. The van der Waals surface area contributed by atoms with Crippen LogP contribution in [0.5, 0.6) is 5.75 Å². The molecule has 1 aromatic carbocycles. The number of rotatable bonds is 24. The van der Waals surface area contributed by atoms with Gasteiger partial charge in [-0.3, -0.25) is 33.6 Å². The number of hydrogen-bond donors (Lipinski definition) is 16. The first-order valence-corrected chi connectivity index (χ1v) is 22.8. The molecule has 70 heavy (non-hydrogen) atoms. The number of aromatic hydroxyl groups is 1. The molecule has 0 aliphatic carbocycles. The van der Waals surface area contributed by atoms with Crippen molar-refractivity contribution in [2.45, 2.75) is 155 Å². The lowest BCUT2D eigenvalue weighted by molar-refractivity contribution is -0.144. The van der Waals surface area contributed by atoms with E-state index >= 15 is 0 Å². The molecule has 27 heteroatoms. The van der Waals surface area contributed by atoms with Gasteiger partial charge in [0.05, 0.1) is 0 Å². The van der Waals surface area contributed by atoms with Crippen LogP contribution in [0.3, 0.4) is 0 Å². The zero-order chi connectivity index (χ0) is 55.6. The average molecular weight is 1030 g/mol. The van der Waals surface area contributed by atoms with Gasteiger partial charge in [-0.2, -0.15) is 11.8 Å². The monoisotopic (exact) mass is 1030 g/mol. The lowest BCUT2D eigenvalue weighted by atomic mass is 10.0. The standard InChI is InChI=1S/C12H15NO5.C9H17NO4.C8H13NO6.C8H17NO2S.C6H11NO4/c1-7(14)11(16)13-10(12(17)18)6-8-2-4-9(15)5-3-8;1-5(2)4-7(9(13)14)10-8(12)6(3)11;1-4(10)7(13)9-5(8(14)15)2-3-6(11)12;1-6(4-5-12-3)9-8(11)7(2)10;1-3(6(10)11)7-5(9)4(2)8/h2-5,7,10,14-15H,6H2,1H3,(H,13,16)(H,17,18);5-7,11H,4H2,1-3H3,(H,10,12)(H,13,14);4-5,10H,2-3H2,1H3,(H,9,13)(H,11,12)(H,14,15);6-7,10H,4-5H2,1-3H3,(H,9,11);3-4,8H,1-2H3,(H,7,9)(H,10,11)/t7-,10-;6-,7-;4-,5-;6-,7+;3-,4-/m00010/s1. The molecule has 16 N–H and O–H groups in total. The Kier molecular flexibility index (Phi) is 38.9. The van der Waals surface area contributed by atoms with Crippen LogP contribution in [0.2, 0.25) is 0 Å². The van der Waals surface area contributed by atoms with Crippen LogP contribution in [0, 0.1) is 5.92 Å². The van der Waals surface area contributed by atoms with Crippen LogP contribution < -0.4 is 26.6 Å². The number of carbonyl (C=O) groups is 10. The number of aliphatic carboxylic acids is 5. The van der Waals surface area contributed by atoms with Crippen molar-refractivity contribution >= 4 is 71.1 Å². The molecule has 0 bridgehead atoms. The van der Waals surface area contributed by atoms with Crippen LogP contribution in [0.25, 0.3) is 0 Å². The van der Waals surface area contributed by atoms with Crippen molar-refractivity contribution in [3.8, 4) is 5.75 Å². The molecule has 1 rings (SSSR count). The van der Waals surface area contributed by atoms with E-state index in [-0.39, 0.29) is 42.9 Å². The molecule has 0 saturated heterocycles. The van der Waals surface area contributed by atoms with Crippen LogP contribution >= 0.6 is 11.8 Å². The number of aliphatic hydroxyl groups is 5. The number of phenolic OH excluding ortho intramolecular Hbond substituents is 1. The van der Waals surface area contributed by atoms with Crippen LogP contribution in [0.4, 0.5) is 0 Å². The Morgan fingerprint density at radius 3 is 1.17 bits per heavy atom. The summed E-state index contributed by atoms with van der Waals surface area (Å²) in [5.41, 5.74) is 0.658. The minimum Gasteiger partial charge on any atom is -0.508 e. The number of carboxylic acids is 5. The largest absolute Gasteiger partial charge is 0.508 e. The summed E-state index contributed by atoms with van der Waals surface area (Å²) in [4.78, 5) is 107. The predicted octanol–water partition coefficient (Wildman–Crippen LogP) is -1.75. The summed E-state index contributed by atoms with van der Waals surface area (Å²) < 4.78 is 0. The highest BCUT2D eigenvalue weighted by Crippen LogP contribution is 2.12. The maximum atomic E-state index is 11.2. The van der Waals surface area contributed by atoms with Gasteiger partial charge >= 0.3 is 29.8 Å². The van der Waals surface area contributed by atoms with Crippen molar-refractivity contribution < 1.29 is 104 Å². The third kappa shape index (κ3) is 38.8. The van der Waals surface area contributed by atoms with Gasteiger partial charge in [0.25, 0.3) is 0 Å².